The van der Waals surface area contributed by atoms with Gasteiger partial charge in [0.15, 0.2) is 5.92 Å². The van der Waals surface area contributed by atoms with Crippen molar-refractivity contribution in [3.63, 3.8) is 0 Å². The molecule has 0 spiro atoms. The summed E-state index contributed by atoms with van der Waals surface area (Å²) in [5.41, 5.74) is 0.854. The summed E-state index contributed by atoms with van der Waals surface area (Å²) in [6.45, 7) is 4.42. The second-order valence-electron chi connectivity index (χ2n) is 4.94. The van der Waals surface area contributed by atoms with Crippen molar-refractivity contribution < 1.29 is 23.8 Å². The van der Waals surface area contributed by atoms with Crippen LogP contribution in [-0.2, 0) is 25.5 Å². The van der Waals surface area contributed by atoms with Gasteiger partial charge in [0.1, 0.15) is 5.75 Å². The highest BCUT2D eigenvalue weighted by atomic mass is 16.6. The summed E-state index contributed by atoms with van der Waals surface area (Å²) in [4.78, 5) is 24.2. The lowest BCUT2D eigenvalue weighted by molar-refractivity contribution is -0.162. The number of carbonyl (C=O) groups excluding carboxylic acids is 2. The fourth-order valence-electron chi connectivity index (χ4n) is 1.87. The molecule has 1 aromatic carbocycles. The summed E-state index contributed by atoms with van der Waals surface area (Å²) in [5, 5.41) is 0. The molecule has 0 aliphatic carbocycles. The average Bonchev–Trinajstić information content (AvgIpc) is 2.55. The predicted octanol–water partition coefficient (Wildman–Crippen LogP) is 2.76. The van der Waals surface area contributed by atoms with Crippen molar-refractivity contribution in [1.29, 1.82) is 0 Å². The van der Waals surface area contributed by atoms with Gasteiger partial charge in [0.25, 0.3) is 0 Å². The first-order chi connectivity index (χ1) is 10.6. The second-order valence-corrected chi connectivity index (χ2v) is 4.94. The fourth-order valence-corrected chi connectivity index (χ4v) is 1.87. The monoisotopic (exact) mass is 308 g/mol. The summed E-state index contributed by atoms with van der Waals surface area (Å²) in [6, 6.07) is 7.24. The van der Waals surface area contributed by atoms with Crippen LogP contribution in [0.4, 0.5) is 0 Å². The van der Waals surface area contributed by atoms with Crippen molar-refractivity contribution >= 4 is 11.9 Å². The molecular formula is C17H24O5. The van der Waals surface area contributed by atoms with Crippen LogP contribution in [-0.4, -0.2) is 32.3 Å². The number of benzene rings is 1. The summed E-state index contributed by atoms with van der Waals surface area (Å²) >= 11 is 0. The third-order valence-corrected chi connectivity index (χ3v) is 3.06. The number of esters is 2. The normalized spacial score (nSPS) is 10.4. The Morgan fingerprint density at radius 2 is 1.45 bits per heavy atom. The molecule has 0 fully saturated rings. The molecule has 0 aliphatic rings. The molecule has 0 N–H and O–H groups in total. The van der Waals surface area contributed by atoms with E-state index < -0.39 is 17.9 Å². The summed E-state index contributed by atoms with van der Waals surface area (Å²) in [5.74, 6) is -1.26. The van der Waals surface area contributed by atoms with E-state index >= 15 is 0 Å². The molecule has 5 nitrogen and oxygen atoms in total. The number of hydrogen-bond acceptors (Lipinski definition) is 5. The number of rotatable bonds is 9. The van der Waals surface area contributed by atoms with Gasteiger partial charge < -0.3 is 14.2 Å². The molecule has 0 saturated heterocycles. The van der Waals surface area contributed by atoms with Crippen molar-refractivity contribution in [2.45, 2.75) is 33.1 Å². The zero-order valence-corrected chi connectivity index (χ0v) is 13.5. The van der Waals surface area contributed by atoms with E-state index in [4.69, 9.17) is 14.2 Å². The molecule has 0 bridgehead atoms. The van der Waals surface area contributed by atoms with Gasteiger partial charge in [-0.25, -0.2) is 0 Å². The van der Waals surface area contributed by atoms with E-state index in [1.54, 1.807) is 19.2 Å². The number of methoxy groups -OCH3 is 1. The Labute approximate surface area is 131 Å². The molecule has 5 heteroatoms. The minimum atomic E-state index is -0.925. The highest BCUT2D eigenvalue weighted by Gasteiger charge is 2.29. The quantitative estimate of drug-likeness (QED) is 0.518. The lowest BCUT2D eigenvalue weighted by Gasteiger charge is -2.15. The molecular weight excluding hydrogens is 284 g/mol. The van der Waals surface area contributed by atoms with Gasteiger partial charge in [0.2, 0.25) is 0 Å². The molecule has 122 valence electrons. The van der Waals surface area contributed by atoms with Crippen molar-refractivity contribution in [3.05, 3.63) is 29.8 Å². The van der Waals surface area contributed by atoms with Crippen molar-refractivity contribution in [1.82, 2.24) is 0 Å². The predicted molar refractivity (Wildman–Crippen MR) is 82.7 cm³/mol. The summed E-state index contributed by atoms with van der Waals surface area (Å²) in [6.07, 6.45) is 1.69. The van der Waals surface area contributed by atoms with Crippen LogP contribution in [0.3, 0.4) is 0 Å². The zero-order chi connectivity index (χ0) is 16.4. The molecule has 1 rings (SSSR count). The van der Waals surface area contributed by atoms with Crippen LogP contribution in [0.25, 0.3) is 0 Å². The van der Waals surface area contributed by atoms with Gasteiger partial charge in [-0.15, -0.1) is 0 Å². The van der Waals surface area contributed by atoms with Crippen LogP contribution in [0.5, 0.6) is 5.75 Å². The molecule has 0 heterocycles. The Kier molecular flexibility index (Phi) is 8.04. The Bertz CT molecular complexity index is 446. The lowest BCUT2D eigenvalue weighted by atomic mass is 9.99. The Hall–Kier alpha value is -2.04. The smallest absolute Gasteiger partial charge is 0.320 e. The first kappa shape index (κ1) is 18.0. The molecule has 0 aromatic heterocycles. The highest BCUT2D eigenvalue weighted by Crippen LogP contribution is 2.17. The van der Waals surface area contributed by atoms with Crippen LogP contribution >= 0.6 is 0 Å². The Morgan fingerprint density at radius 1 is 0.955 bits per heavy atom. The molecule has 0 amide bonds. The molecule has 0 unspecified atom stereocenters. The van der Waals surface area contributed by atoms with E-state index in [0.717, 1.165) is 11.3 Å². The van der Waals surface area contributed by atoms with Gasteiger partial charge in [-0.1, -0.05) is 26.0 Å². The van der Waals surface area contributed by atoms with E-state index in [0.29, 0.717) is 26.1 Å². The van der Waals surface area contributed by atoms with Crippen LogP contribution in [0.1, 0.15) is 32.3 Å². The van der Waals surface area contributed by atoms with Gasteiger partial charge in [-0.05, 0) is 37.0 Å². The maximum absolute atomic E-state index is 12.1. The molecule has 0 atom stereocenters. The number of ether oxygens (including phenoxy) is 3. The van der Waals surface area contributed by atoms with Gasteiger partial charge in [-0.2, -0.15) is 0 Å². The summed E-state index contributed by atoms with van der Waals surface area (Å²) in [7, 11) is 1.59. The van der Waals surface area contributed by atoms with Crippen molar-refractivity contribution in [2.24, 2.45) is 5.92 Å². The molecule has 0 saturated carbocycles. The van der Waals surface area contributed by atoms with Gasteiger partial charge in [0, 0.05) is 0 Å². The van der Waals surface area contributed by atoms with Crippen LogP contribution in [0.2, 0.25) is 0 Å². The molecule has 0 aliphatic heterocycles. The standard InChI is InChI=1S/C17H24O5/c1-4-10-21-16(18)15(17(19)22-11-5-2)12-13-6-8-14(20-3)9-7-13/h6-9,15H,4-5,10-12H2,1-3H3. The zero-order valence-electron chi connectivity index (χ0n) is 13.5. The number of hydrogen-bond donors (Lipinski definition) is 0. The first-order valence-electron chi connectivity index (χ1n) is 7.58. The van der Waals surface area contributed by atoms with Gasteiger partial charge >= 0.3 is 11.9 Å². The molecule has 1 aromatic rings. The fraction of sp³-hybridized carbons (Fsp3) is 0.529. The highest BCUT2D eigenvalue weighted by molar-refractivity contribution is 5.95. The van der Waals surface area contributed by atoms with E-state index in [2.05, 4.69) is 0 Å². The van der Waals surface area contributed by atoms with E-state index in [1.807, 2.05) is 26.0 Å². The SMILES string of the molecule is CCCOC(=O)C(Cc1ccc(OC)cc1)C(=O)OCCC. The molecule has 22 heavy (non-hydrogen) atoms. The van der Waals surface area contributed by atoms with Crippen molar-refractivity contribution in [2.75, 3.05) is 20.3 Å². The first-order valence-corrected chi connectivity index (χ1v) is 7.58. The topological polar surface area (TPSA) is 61.8 Å². The largest absolute Gasteiger partial charge is 0.497 e. The second kappa shape index (κ2) is 9.82. The Balaban J connectivity index is 2.78. The van der Waals surface area contributed by atoms with E-state index in [1.165, 1.54) is 0 Å². The third kappa shape index (κ3) is 5.76. The van der Waals surface area contributed by atoms with Crippen LogP contribution < -0.4 is 4.74 Å². The van der Waals surface area contributed by atoms with Gasteiger partial charge in [0.05, 0.1) is 20.3 Å². The van der Waals surface area contributed by atoms with E-state index in [-0.39, 0.29) is 6.42 Å². The maximum Gasteiger partial charge on any atom is 0.320 e. The van der Waals surface area contributed by atoms with Gasteiger partial charge in [-0.3, -0.25) is 9.59 Å². The lowest BCUT2D eigenvalue weighted by Crippen LogP contribution is -2.30. The van der Waals surface area contributed by atoms with Crippen LogP contribution in [0, 0.1) is 5.92 Å². The maximum atomic E-state index is 12.1. The average molecular weight is 308 g/mol. The van der Waals surface area contributed by atoms with E-state index in [9.17, 15) is 9.59 Å². The Morgan fingerprint density at radius 3 is 1.86 bits per heavy atom. The van der Waals surface area contributed by atoms with Crippen LogP contribution in [0.15, 0.2) is 24.3 Å². The number of carbonyl (C=O) groups is 2. The van der Waals surface area contributed by atoms with Crippen molar-refractivity contribution in [3.8, 4) is 5.75 Å². The minimum Gasteiger partial charge on any atom is -0.497 e. The minimum absolute atomic E-state index is 0.259. The summed E-state index contributed by atoms with van der Waals surface area (Å²) < 4.78 is 15.3. The third-order valence-electron chi connectivity index (χ3n) is 3.06. The molecule has 0 radical (unpaired) electrons.